The first-order valence-electron chi connectivity index (χ1n) is 7.22. The van der Waals surface area contributed by atoms with Crippen molar-refractivity contribution in [2.75, 3.05) is 6.54 Å². The van der Waals surface area contributed by atoms with Gasteiger partial charge >= 0.3 is 0 Å². The average Bonchev–Trinajstić information content (AvgIpc) is 2.86. The minimum atomic E-state index is 0.126. The molecule has 0 amide bonds. The van der Waals surface area contributed by atoms with Crippen molar-refractivity contribution in [1.29, 1.82) is 0 Å². The number of aromatic nitrogens is 2. The van der Waals surface area contributed by atoms with E-state index in [0.29, 0.717) is 23.2 Å². The van der Waals surface area contributed by atoms with Gasteiger partial charge < -0.3 is 9.84 Å². The van der Waals surface area contributed by atoms with E-state index in [1.165, 1.54) is 0 Å². The molecule has 0 saturated heterocycles. The summed E-state index contributed by atoms with van der Waals surface area (Å²) in [4.78, 5) is 4.48. The predicted octanol–water partition coefficient (Wildman–Crippen LogP) is 3.96. The quantitative estimate of drug-likeness (QED) is 0.908. The van der Waals surface area contributed by atoms with Crippen LogP contribution in [0.5, 0.6) is 0 Å². The average molecular weight is 308 g/mol. The molecule has 0 bridgehead atoms. The smallest absolute Gasteiger partial charge is 0.228 e. The minimum Gasteiger partial charge on any atom is -0.339 e. The van der Waals surface area contributed by atoms with Crippen molar-refractivity contribution in [1.82, 2.24) is 15.5 Å². The van der Waals surface area contributed by atoms with Crippen molar-refractivity contribution >= 4 is 11.6 Å². The highest BCUT2D eigenvalue weighted by atomic mass is 35.5. The van der Waals surface area contributed by atoms with Crippen molar-refractivity contribution in [2.45, 2.75) is 40.2 Å². The van der Waals surface area contributed by atoms with Crippen molar-refractivity contribution in [2.24, 2.45) is 5.41 Å². The third kappa shape index (κ3) is 4.29. The maximum absolute atomic E-state index is 5.99. The van der Waals surface area contributed by atoms with Crippen molar-refractivity contribution in [3.8, 4) is 11.4 Å². The number of halogens is 1. The summed E-state index contributed by atoms with van der Waals surface area (Å²) in [5.74, 6) is 1.22. The summed E-state index contributed by atoms with van der Waals surface area (Å²) in [5, 5.41) is 8.20. The lowest BCUT2D eigenvalue weighted by Crippen LogP contribution is -2.41. The van der Waals surface area contributed by atoms with E-state index in [1.807, 2.05) is 24.3 Å². The Morgan fingerprint density at radius 1 is 1.33 bits per heavy atom. The molecule has 0 aliphatic heterocycles. The molecule has 1 heterocycles. The van der Waals surface area contributed by atoms with Gasteiger partial charge in [0.2, 0.25) is 11.7 Å². The Balaban J connectivity index is 2.16. The van der Waals surface area contributed by atoms with Crippen LogP contribution < -0.4 is 5.32 Å². The number of rotatable bonds is 5. The van der Waals surface area contributed by atoms with Gasteiger partial charge in [-0.2, -0.15) is 4.98 Å². The lowest BCUT2D eigenvalue weighted by molar-refractivity contribution is 0.247. The van der Waals surface area contributed by atoms with Gasteiger partial charge in [-0.3, -0.25) is 0 Å². The summed E-state index contributed by atoms with van der Waals surface area (Å²) in [6.45, 7) is 9.62. The Labute approximate surface area is 130 Å². The Morgan fingerprint density at radius 2 is 2.10 bits per heavy atom. The minimum absolute atomic E-state index is 0.126. The Morgan fingerprint density at radius 3 is 2.71 bits per heavy atom. The molecule has 0 aliphatic rings. The number of nitrogens with zero attached hydrogens (tertiary/aromatic N) is 2. The van der Waals surface area contributed by atoms with Crippen LogP contribution in [-0.2, 0) is 6.42 Å². The van der Waals surface area contributed by atoms with Crippen molar-refractivity contribution in [3.05, 3.63) is 35.2 Å². The molecule has 0 spiro atoms. The van der Waals surface area contributed by atoms with E-state index in [2.05, 4.69) is 43.2 Å². The summed E-state index contributed by atoms with van der Waals surface area (Å²) in [7, 11) is 0. The van der Waals surface area contributed by atoms with E-state index in [0.717, 1.165) is 12.1 Å². The zero-order chi connectivity index (χ0) is 15.5. The highest BCUT2D eigenvalue weighted by Gasteiger charge is 2.26. The van der Waals surface area contributed by atoms with Gasteiger partial charge in [0.25, 0.3) is 0 Å². The highest BCUT2D eigenvalue weighted by molar-refractivity contribution is 6.30. The molecule has 5 heteroatoms. The van der Waals surface area contributed by atoms with Gasteiger partial charge in [0.1, 0.15) is 0 Å². The van der Waals surface area contributed by atoms with Gasteiger partial charge in [0, 0.05) is 23.0 Å². The fourth-order valence-electron chi connectivity index (χ4n) is 2.19. The predicted molar refractivity (Wildman–Crippen MR) is 85.4 cm³/mol. The first-order chi connectivity index (χ1) is 9.90. The van der Waals surface area contributed by atoms with Gasteiger partial charge in [0.15, 0.2) is 0 Å². The summed E-state index contributed by atoms with van der Waals surface area (Å²) in [6.07, 6.45) is 0.713. The SMILES string of the molecule is CCNC(Cc1nc(-c2cccc(Cl)c2)no1)C(C)(C)C. The lowest BCUT2D eigenvalue weighted by atomic mass is 9.84. The first kappa shape index (κ1) is 16.0. The van der Waals surface area contributed by atoms with Crippen LogP contribution in [0.15, 0.2) is 28.8 Å². The van der Waals surface area contributed by atoms with Gasteiger partial charge in [-0.1, -0.05) is 56.6 Å². The number of hydrogen-bond donors (Lipinski definition) is 1. The van der Waals surface area contributed by atoms with Gasteiger partial charge in [0.05, 0.1) is 0 Å². The van der Waals surface area contributed by atoms with Crippen molar-refractivity contribution < 1.29 is 4.52 Å². The van der Waals surface area contributed by atoms with E-state index < -0.39 is 0 Å². The molecule has 0 radical (unpaired) electrons. The van der Waals surface area contributed by atoms with Crippen LogP contribution in [0.25, 0.3) is 11.4 Å². The van der Waals surface area contributed by atoms with Crippen LogP contribution in [0, 0.1) is 5.41 Å². The first-order valence-corrected chi connectivity index (χ1v) is 7.60. The lowest BCUT2D eigenvalue weighted by Gasteiger charge is -2.30. The zero-order valence-electron chi connectivity index (χ0n) is 13.0. The molecule has 0 aliphatic carbocycles. The number of nitrogens with one attached hydrogen (secondary N) is 1. The van der Waals surface area contributed by atoms with Gasteiger partial charge in [-0.25, -0.2) is 0 Å². The molecule has 114 valence electrons. The number of benzene rings is 1. The maximum Gasteiger partial charge on any atom is 0.228 e. The third-order valence-corrected chi connectivity index (χ3v) is 3.66. The summed E-state index contributed by atoms with van der Waals surface area (Å²) >= 11 is 5.99. The Kier molecular flexibility index (Phi) is 5.01. The normalized spacial score (nSPS) is 13.4. The summed E-state index contributed by atoms with van der Waals surface area (Å²) in [6, 6.07) is 7.75. The summed E-state index contributed by atoms with van der Waals surface area (Å²) in [5.41, 5.74) is 0.994. The highest BCUT2D eigenvalue weighted by Crippen LogP contribution is 2.24. The maximum atomic E-state index is 5.99. The van der Waals surface area contributed by atoms with Crippen LogP contribution in [0.3, 0.4) is 0 Å². The topological polar surface area (TPSA) is 51.0 Å². The van der Waals surface area contributed by atoms with Crippen LogP contribution in [-0.4, -0.2) is 22.7 Å². The molecule has 1 unspecified atom stereocenters. The van der Waals surface area contributed by atoms with Gasteiger partial charge in [-0.05, 0) is 24.1 Å². The summed E-state index contributed by atoms with van der Waals surface area (Å²) < 4.78 is 5.39. The standard InChI is InChI=1S/C16H22ClN3O/c1-5-18-13(16(2,3)4)10-14-19-15(20-21-14)11-7-6-8-12(17)9-11/h6-9,13,18H,5,10H2,1-4H3. The molecule has 2 rings (SSSR count). The molecule has 0 fully saturated rings. The second-order valence-electron chi connectivity index (χ2n) is 6.20. The molecule has 1 aromatic heterocycles. The number of likely N-dealkylation sites (N-methyl/N-ethyl adjacent to an activating group) is 1. The molecular formula is C16H22ClN3O. The molecule has 1 atom stereocenters. The zero-order valence-corrected chi connectivity index (χ0v) is 13.7. The fraction of sp³-hybridized carbons (Fsp3) is 0.500. The van der Waals surface area contributed by atoms with E-state index >= 15 is 0 Å². The van der Waals surface area contributed by atoms with E-state index in [1.54, 1.807) is 0 Å². The molecule has 4 nitrogen and oxygen atoms in total. The van der Waals surface area contributed by atoms with E-state index in [4.69, 9.17) is 16.1 Å². The van der Waals surface area contributed by atoms with E-state index in [9.17, 15) is 0 Å². The second-order valence-corrected chi connectivity index (χ2v) is 6.64. The Bertz CT molecular complexity index is 589. The van der Waals surface area contributed by atoms with Gasteiger partial charge in [-0.15, -0.1) is 0 Å². The largest absolute Gasteiger partial charge is 0.339 e. The molecule has 0 saturated carbocycles. The Hall–Kier alpha value is -1.39. The van der Waals surface area contributed by atoms with E-state index in [-0.39, 0.29) is 11.5 Å². The molecular weight excluding hydrogens is 286 g/mol. The molecule has 21 heavy (non-hydrogen) atoms. The fourth-order valence-corrected chi connectivity index (χ4v) is 2.38. The molecule has 2 aromatic rings. The number of hydrogen-bond acceptors (Lipinski definition) is 4. The molecule has 1 aromatic carbocycles. The molecule has 1 N–H and O–H groups in total. The second kappa shape index (κ2) is 6.58. The van der Waals surface area contributed by atoms with Crippen LogP contribution >= 0.6 is 11.6 Å². The van der Waals surface area contributed by atoms with Crippen LogP contribution in [0.4, 0.5) is 0 Å². The van der Waals surface area contributed by atoms with Crippen LogP contribution in [0.2, 0.25) is 5.02 Å². The van der Waals surface area contributed by atoms with Crippen molar-refractivity contribution in [3.63, 3.8) is 0 Å². The van der Waals surface area contributed by atoms with Crippen LogP contribution in [0.1, 0.15) is 33.6 Å². The monoisotopic (exact) mass is 307 g/mol. The third-order valence-electron chi connectivity index (χ3n) is 3.43.